The lowest BCUT2D eigenvalue weighted by atomic mass is 9.95. The summed E-state index contributed by atoms with van der Waals surface area (Å²) in [5.74, 6) is -1.68. The number of aliphatic hydroxyl groups is 1. The maximum absolute atomic E-state index is 11.8. The third-order valence-electron chi connectivity index (χ3n) is 2.67. The Morgan fingerprint density at radius 2 is 2.33 bits per heavy atom. The maximum Gasteiger partial charge on any atom is 0.253 e. The first kappa shape index (κ1) is 12.3. The van der Waals surface area contributed by atoms with Gasteiger partial charge < -0.3 is 10.4 Å². The van der Waals surface area contributed by atoms with E-state index in [-0.39, 0.29) is 0 Å². The number of anilines is 1. The van der Waals surface area contributed by atoms with Crippen LogP contribution in [0.1, 0.15) is 6.42 Å². The number of nitrogens with zero attached hydrogens (tertiary/aromatic N) is 1. The standard InChI is InChI=1S/C11H14N4O3/c16-7-4-6-13-10(17)9(7)11(18)15-14-8-3-1-2-5-12-8/h1-3,5,7,9,16H,4,6H2,(H,12,14)(H,13,17)(H,15,18). The van der Waals surface area contributed by atoms with Crippen molar-refractivity contribution < 1.29 is 14.7 Å². The molecule has 0 bridgehead atoms. The zero-order valence-electron chi connectivity index (χ0n) is 9.59. The molecule has 2 amide bonds. The van der Waals surface area contributed by atoms with Gasteiger partial charge in [-0.3, -0.25) is 20.4 Å². The van der Waals surface area contributed by atoms with Gasteiger partial charge in [0.1, 0.15) is 11.7 Å². The molecule has 4 N–H and O–H groups in total. The van der Waals surface area contributed by atoms with Crippen LogP contribution in [-0.4, -0.2) is 34.6 Å². The average molecular weight is 250 g/mol. The lowest BCUT2D eigenvalue weighted by Gasteiger charge is -2.26. The van der Waals surface area contributed by atoms with Crippen molar-refractivity contribution in [3.05, 3.63) is 24.4 Å². The van der Waals surface area contributed by atoms with Crippen molar-refractivity contribution in [1.29, 1.82) is 0 Å². The minimum absolute atomic E-state index is 0.368. The molecular weight excluding hydrogens is 236 g/mol. The fraction of sp³-hybridized carbons (Fsp3) is 0.364. The van der Waals surface area contributed by atoms with Gasteiger partial charge in [0.15, 0.2) is 0 Å². The largest absolute Gasteiger partial charge is 0.392 e. The molecule has 2 unspecified atom stereocenters. The minimum Gasteiger partial charge on any atom is -0.392 e. The highest BCUT2D eigenvalue weighted by Gasteiger charge is 2.36. The summed E-state index contributed by atoms with van der Waals surface area (Å²) in [4.78, 5) is 27.2. The van der Waals surface area contributed by atoms with Crippen LogP contribution in [0.15, 0.2) is 24.4 Å². The van der Waals surface area contributed by atoms with E-state index < -0.39 is 23.8 Å². The molecule has 0 saturated carbocycles. The van der Waals surface area contributed by atoms with Crippen molar-refractivity contribution in [3.63, 3.8) is 0 Å². The van der Waals surface area contributed by atoms with Gasteiger partial charge in [0.2, 0.25) is 5.91 Å². The second kappa shape index (κ2) is 5.46. The van der Waals surface area contributed by atoms with Crippen molar-refractivity contribution in [3.8, 4) is 0 Å². The number of aliphatic hydroxyl groups excluding tert-OH is 1. The van der Waals surface area contributed by atoms with Gasteiger partial charge in [0.05, 0.1) is 6.10 Å². The summed E-state index contributed by atoms with van der Waals surface area (Å²) in [5.41, 5.74) is 4.94. The van der Waals surface area contributed by atoms with Crippen LogP contribution in [0.4, 0.5) is 5.82 Å². The summed E-state index contributed by atoms with van der Waals surface area (Å²) >= 11 is 0. The molecule has 1 aliphatic heterocycles. The molecule has 0 radical (unpaired) electrons. The Balaban J connectivity index is 1.93. The van der Waals surface area contributed by atoms with Gasteiger partial charge in [0.25, 0.3) is 5.91 Å². The van der Waals surface area contributed by atoms with Crippen LogP contribution in [0, 0.1) is 5.92 Å². The number of rotatable bonds is 3. The topological polar surface area (TPSA) is 103 Å². The van der Waals surface area contributed by atoms with Gasteiger partial charge in [-0.2, -0.15) is 0 Å². The zero-order valence-corrected chi connectivity index (χ0v) is 9.59. The lowest BCUT2D eigenvalue weighted by Crippen LogP contribution is -2.52. The van der Waals surface area contributed by atoms with E-state index in [1.807, 2.05) is 0 Å². The molecule has 2 heterocycles. The normalized spacial score (nSPS) is 23.1. The van der Waals surface area contributed by atoms with Crippen LogP contribution in [0.2, 0.25) is 0 Å². The Hall–Kier alpha value is -2.15. The van der Waals surface area contributed by atoms with Crippen molar-refractivity contribution in [1.82, 2.24) is 15.7 Å². The van der Waals surface area contributed by atoms with E-state index in [1.165, 1.54) is 0 Å². The van der Waals surface area contributed by atoms with Crippen LogP contribution < -0.4 is 16.2 Å². The first-order chi connectivity index (χ1) is 8.68. The molecule has 0 aromatic carbocycles. The Morgan fingerprint density at radius 3 is 3.00 bits per heavy atom. The highest BCUT2D eigenvalue weighted by molar-refractivity contribution is 6.01. The average Bonchev–Trinajstić information content (AvgIpc) is 2.37. The van der Waals surface area contributed by atoms with Crippen LogP contribution in [0.3, 0.4) is 0 Å². The van der Waals surface area contributed by atoms with E-state index in [1.54, 1.807) is 24.4 Å². The quantitative estimate of drug-likeness (QED) is 0.408. The molecule has 1 aromatic rings. The SMILES string of the molecule is O=C1NCCC(O)C1C(=O)NNc1ccccn1. The maximum atomic E-state index is 11.8. The third-order valence-corrected chi connectivity index (χ3v) is 2.67. The summed E-state index contributed by atoms with van der Waals surface area (Å²) in [5, 5.41) is 12.2. The van der Waals surface area contributed by atoms with Gasteiger partial charge >= 0.3 is 0 Å². The molecule has 96 valence electrons. The molecule has 7 nitrogen and oxygen atoms in total. The number of aromatic nitrogens is 1. The molecule has 1 aromatic heterocycles. The van der Waals surface area contributed by atoms with E-state index in [0.29, 0.717) is 18.8 Å². The smallest absolute Gasteiger partial charge is 0.253 e. The van der Waals surface area contributed by atoms with E-state index in [9.17, 15) is 14.7 Å². The van der Waals surface area contributed by atoms with Gasteiger partial charge in [-0.15, -0.1) is 0 Å². The van der Waals surface area contributed by atoms with Gasteiger partial charge in [-0.25, -0.2) is 4.98 Å². The number of amides is 2. The molecule has 7 heteroatoms. The van der Waals surface area contributed by atoms with Gasteiger partial charge in [-0.1, -0.05) is 6.07 Å². The molecule has 1 saturated heterocycles. The van der Waals surface area contributed by atoms with Crippen molar-refractivity contribution in [2.75, 3.05) is 12.0 Å². The number of carbonyl (C=O) groups is 2. The Morgan fingerprint density at radius 1 is 1.50 bits per heavy atom. The summed E-state index contributed by atoms with van der Waals surface area (Å²) in [6.07, 6.45) is 0.980. The molecular formula is C11H14N4O3. The minimum atomic E-state index is -1.09. The summed E-state index contributed by atoms with van der Waals surface area (Å²) in [6.45, 7) is 0.386. The van der Waals surface area contributed by atoms with E-state index in [4.69, 9.17) is 0 Å². The predicted molar refractivity (Wildman–Crippen MR) is 63.1 cm³/mol. The Bertz CT molecular complexity index is 437. The molecule has 1 aliphatic rings. The highest BCUT2D eigenvalue weighted by Crippen LogP contribution is 2.12. The van der Waals surface area contributed by atoms with Crippen LogP contribution in [-0.2, 0) is 9.59 Å². The fourth-order valence-electron chi connectivity index (χ4n) is 1.73. The summed E-state index contributed by atoms with van der Waals surface area (Å²) in [7, 11) is 0. The number of piperidine rings is 1. The predicted octanol–water partition coefficient (Wildman–Crippen LogP) is -0.978. The number of hydrogen-bond donors (Lipinski definition) is 4. The molecule has 2 atom stereocenters. The van der Waals surface area contributed by atoms with E-state index >= 15 is 0 Å². The second-order valence-electron chi connectivity index (χ2n) is 3.95. The number of hydrogen-bond acceptors (Lipinski definition) is 5. The second-order valence-corrected chi connectivity index (χ2v) is 3.95. The van der Waals surface area contributed by atoms with Crippen LogP contribution in [0.5, 0.6) is 0 Å². The summed E-state index contributed by atoms with van der Waals surface area (Å²) in [6, 6.07) is 5.16. The number of carbonyl (C=O) groups excluding carboxylic acids is 2. The molecule has 18 heavy (non-hydrogen) atoms. The first-order valence-corrected chi connectivity index (χ1v) is 5.61. The fourth-order valence-corrected chi connectivity index (χ4v) is 1.73. The van der Waals surface area contributed by atoms with Crippen LogP contribution in [0.25, 0.3) is 0 Å². The number of hydrazine groups is 1. The number of pyridine rings is 1. The molecule has 0 aliphatic carbocycles. The van der Waals surface area contributed by atoms with Crippen molar-refractivity contribution in [2.45, 2.75) is 12.5 Å². The first-order valence-electron chi connectivity index (χ1n) is 5.61. The van der Waals surface area contributed by atoms with Crippen LogP contribution >= 0.6 is 0 Å². The highest BCUT2D eigenvalue weighted by atomic mass is 16.3. The Labute approximate surface area is 104 Å². The summed E-state index contributed by atoms with van der Waals surface area (Å²) < 4.78 is 0. The monoisotopic (exact) mass is 250 g/mol. The van der Waals surface area contributed by atoms with Gasteiger partial charge in [0, 0.05) is 12.7 Å². The van der Waals surface area contributed by atoms with E-state index in [0.717, 1.165) is 0 Å². The molecule has 2 rings (SSSR count). The lowest BCUT2D eigenvalue weighted by molar-refractivity contribution is -0.142. The molecule has 1 fully saturated rings. The van der Waals surface area contributed by atoms with E-state index in [2.05, 4.69) is 21.2 Å². The number of nitrogens with one attached hydrogen (secondary N) is 3. The van der Waals surface area contributed by atoms with Gasteiger partial charge in [-0.05, 0) is 18.6 Å². The zero-order chi connectivity index (χ0) is 13.0. The Kier molecular flexibility index (Phi) is 3.73. The molecule has 0 spiro atoms. The van der Waals surface area contributed by atoms with Crippen molar-refractivity contribution in [2.24, 2.45) is 5.92 Å². The van der Waals surface area contributed by atoms with Crippen molar-refractivity contribution >= 4 is 17.6 Å². The third kappa shape index (κ3) is 2.75.